The number of carbonyl (C=O) groups is 6. The Labute approximate surface area is 453 Å². The second kappa shape index (κ2) is 28.9. The number of aromatic nitrogens is 2. The Morgan fingerprint density at radius 3 is 1.87 bits per heavy atom. The van der Waals surface area contributed by atoms with E-state index < -0.39 is 112 Å². The van der Waals surface area contributed by atoms with Gasteiger partial charge in [0.2, 0.25) is 17.7 Å². The number of sulfonamides is 1. The van der Waals surface area contributed by atoms with Gasteiger partial charge in [-0.1, -0.05) is 52.9 Å². The van der Waals surface area contributed by atoms with Crippen molar-refractivity contribution in [2.24, 2.45) is 5.73 Å². The van der Waals surface area contributed by atoms with Crippen LogP contribution in [-0.2, 0) is 29.0 Å². The number of carboxylic acid groups (broad SMARTS) is 3. The lowest BCUT2D eigenvalue weighted by molar-refractivity contribution is -0.138. The summed E-state index contributed by atoms with van der Waals surface area (Å²) in [6.07, 6.45) is 7.47. The average Bonchev–Trinajstić information content (AvgIpc) is 3.63. The number of aromatic carboxylic acids is 2. The maximum Gasteiger partial charge on any atom is 0.388 e. The SMILES string of the molecule is C#CC(C)Oc1cc(N2C(=O)C3=C(CCCC3)C2=O)c(F)cc1Cl.COc1c(Cl)ccc(Cl)c1C(=O)O.CP(=O)(O)CCC(N)C(=O)O.O=C(Nc1nc(OC(F)F)cc(OC(F)F)n1)NS(=O)(=O)c1ccccc1C(=O)O. The molecule has 0 spiro atoms. The molecule has 2 aliphatic rings. The Kier molecular flexibility index (Phi) is 24.1. The zero-order valence-electron chi connectivity index (χ0n) is 40.2. The highest BCUT2D eigenvalue weighted by atomic mass is 35.5. The fraction of sp³-hybridized carbons (Fsp3) is 0.289. The molecule has 0 saturated carbocycles. The lowest BCUT2D eigenvalue weighted by Crippen LogP contribution is -2.35. The lowest BCUT2D eigenvalue weighted by Gasteiger charge is -2.19. The predicted octanol–water partition coefficient (Wildman–Crippen LogP) is 7.90. The summed E-state index contributed by atoms with van der Waals surface area (Å²) in [4.78, 5) is 84.4. The number of terminal acetylenes is 1. The van der Waals surface area contributed by atoms with Gasteiger partial charge in [-0.3, -0.25) is 24.3 Å². The average molecular weight is 1200 g/mol. The fourth-order valence-corrected chi connectivity index (χ4v) is 8.87. The number of hydrogen-bond acceptors (Lipinski definition) is 16. The number of carboxylic acids is 3. The van der Waals surface area contributed by atoms with Gasteiger partial charge in [0.1, 0.15) is 28.1 Å². The summed E-state index contributed by atoms with van der Waals surface area (Å²) in [6, 6.07) is 7.36. The third kappa shape index (κ3) is 19.0. The zero-order valence-corrected chi connectivity index (χ0v) is 44.2. The van der Waals surface area contributed by atoms with Gasteiger partial charge in [0, 0.05) is 30.0 Å². The number of nitrogens with zero attached hydrogens (tertiary/aromatic N) is 3. The molecule has 422 valence electrons. The minimum absolute atomic E-state index is 0.0233. The van der Waals surface area contributed by atoms with Gasteiger partial charge in [0.15, 0.2) is 19.2 Å². The molecule has 1 aliphatic heterocycles. The second-order valence-corrected chi connectivity index (χ2v) is 20.9. The molecule has 3 unspecified atom stereocenters. The first kappa shape index (κ1) is 65.0. The molecule has 0 saturated heterocycles. The molecule has 8 N–H and O–H groups in total. The number of alkyl halides is 4. The van der Waals surface area contributed by atoms with Gasteiger partial charge in [-0.05, 0) is 69.4 Å². The van der Waals surface area contributed by atoms with Crippen molar-refractivity contribution in [1.82, 2.24) is 14.7 Å². The number of methoxy groups -OCH3 is 1. The number of hydrogen-bond donors (Lipinski definition) is 7. The number of anilines is 2. The van der Waals surface area contributed by atoms with Crippen molar-refractivity contribution in [3.63, 3.8) is 0 Å². The fourth-order valence-electron chi connectivity index (χ4n) is 6.34. The first-order chi connectivity index (χ1) is 36.3. The van der Waals surface area contributed by atoms with Crippen LogP contribution in [0, 0.1) is 18.2 Å². The molecular formula is C45H43Cl3F5N6O17PS. The van der Waals surface area contributed by atoms with Crippen molar-refractivity contribution in [3.05, 3.63) is 97.8 Å². The molecule has 23 nitrogen and oxygen atoms in total. The first-order valence-electron chi connectivity index (χ1n) is 21.5. The van der Waals surface area contributed by atoms with E-state index in [1.165, 1.54) is 48.8 Å². The molecular weight excluding hydrogens is 1160 g/mol. The summed E-state index contributed by atoms with van der Waals surface area (Å²) in [5.74, 6) is -5.87. The van der Waals surface area contributed by atoms with E-state index in [1.54, 1.807) is 12.2 Å². The molecule has 0 radical (unpaired) electrons. The van der Waals surface area contributed by atoms with E-state index in [0.717, 1.165) is 35.9 Å². The monoisotopic (exact) mass is 1200 g/mol. The topological polar surface area (TPSA) is 351 Å². The standard InChI is InChI=1S/C18H15ClFNO3.C14H10F4N4O7S.C8H6Cl2O3.C5H12NO4P/c1-3-10(2)24-16-9-15(14(20)8-13(16)19)21-17(22)11-6-4-5-7-12(11)18(21)23;15-11(16)28-8-5-9(29-12(17)18)20-13(19-8)21-14(25)22-30(26,27)7-4-2-1-3-6(7)10(23)24;1-13-7-5(10)3-2-4(9)6(7)8(11)12;1-11(9,10)3-2-4(6)5(7)8/h1,8-10H,4-7H2,2H3;1-5,11-12H,(H,23,24)(H2,19,20,21,22,25);2-3H,1H3,(H,11,12);4H,2-3,6H2,1H3,(H,7,8)(H,9,10). The molecule has 1 aromatic heterocycles. The van der Waals surface area contributed by atoms with Crippen LogP contribution < -0.4 is 39.6 Å². The van der Waals surface area contributed by atoms with Crippen molar-refractivity contribution in [2.45, 2.75) is 69.3 Å². The van der Waals surface area contributed by atoms with Crippen LogP contribution in [-0.4, -0.2) is 120 Å². The van der Waals surface area contributed by atoms with E-state index in [4.69, 9.17) is 76.6 Å². The first-order valence-corrected chi connectivity index (χ1v) is 26.4. The summed E-state index contributed by atoms with van der Waals surface area (Å²) >= 11 is 17.3. The largest absolute Gasteiger partial charge is 0.494 e. The molecule has 6 rings (SSSR count). The van der Waals surface area contributed by atoms with E-state index in [-0.39, 0.29) is 50.4 Å². The van der Waals surface area contributed by atoms with Crippen LogP contribution in [0.4, 0.5) is 38.4 Å². The van der Waals surface area contributed by atoms with Crippen molar-refractivity contribution in [2.75, 3.05) is 30.2 Å². The molecule has 4 amide bonds. The summed E-state index contributed by atoms with van der Waals surface area (Å²) in [5.41, 5.74) is 5.14. The van der Waals surface area contributed by atoms with Crippen molar-refractivity contribution in [1.29, 1.82) is 0 Å². The van der Waals surface area contributed by atoms with Gasteiger partial charge >= 0.3 is 37.2 Å². The molecule has 2 heterocycles. The van der Waals surface area contributed by atoms with E-state index in [2.05, 4.69) is 25.4 Å². The summed E-state index contributed by atoms with van der Waals surface area (Å²) in [6.45, 7) is -4.00. The maximum atomic E-state index is 14.4. The number of nitrogens with two attached hydrogens (primary N) is 1. The van der Waals surface area contributed by atoms with Gasteiger partial charge in [0.25, 0.3) is 21.8 Å². The number of urea groups is 1. The van der Waals surface area contributed by atoms with Crippen LogP contribution in [0.25, 0.3) is 0 Å². The third-order valence-electron chi connectivity index (χ3n) is 9.78. The molecule has 3 aromatic carbocycles. The Morgan fingerprint density at radius 2 is 1.41 bits per heavy atom. The zero-order chi connectivity index (χ0) is 59.0. The Balaban J connectivity index is 0.000000295. The Morgan fingerprint density at radius 1 is 0.872 bits per heavy atom. The number of aliphatic carboxylic acids is 1. The number of imide groups is 1. The maximum absolute atomic E-state index is 14.4. The van der Waals surface area contributed by atoms with Crippen LogP contribution in [0.3, 0.4) is 0 Å². The van der Waals surface area contributed by atoms with Crippen LogP contribution in [0.5, 0.6) is 23.3 Å². The molecule has 3 atom stereocenters. The van der Waals surface area contributed by atoms with Gasteiger partial charge in [0.05, 0.1) is 39.5 Å². The minimum atomic E-state index is -4.71. The van der Waals surface area contributed by atoms with E-state index in [9.17, 15) is 63.7 Å². The highest BCUT2D eigenvalue weighted by molar-refractivity contribution is 7.90. The third-order valence-corrected chi connectivity index (χ3v) is 13.2. The quantitative estimate of drug-likeness (QED) is 0.0228. The summed E-state index contributed by atoms with van der Waals surface area (Å²) < 4.78 is 118. The number of rotatable bonds is 17. The van der Waals surface area contributed by atoms with Gasteiger partial charge < -0.3 is 44.9 Å². The Hall–Kier alpha value is -7.32. The molecule has 0 bridgehead atoms. The molecule has 78 heavy (non-hydrogen) atoms. The number of amides is 4. The Bertz CT molecular complexity index is 3110. The van der Waals surface area contributed by atoms with Crippen molar-refractivity contribution in [3.8, 4) is 35.6 Å². The summed E-state index contributed by atoms with van der Waals surface area (Å²) in [7, 11) is -6.48. The van der Waals surface area contributed by atoms with Crippen molar-refractivity contribution < 1.29 is 103 Å². The van der Waals surface area contributed by atoms with E-state index in [1.807, 2.05) is 0 Å². The van der Waals surface area contributed by atoms with Crippen LogP contribution in [0.15, 0.2) is 70.6 Å². The number of carbonyl (C=O) groups excluding carboxylic acids is 3. The number of halogens is 8. The summed E-state index contributed by atoms with van der Waals surface area (Å²) in [5, 5.41) is 28.2. The van der Waals surface area contributed by atoms with Gasteiger partial charge in [-0.25, -0.2) is 36.8 Å². The van der Waals surface area contributed by atoms with Gasteiger partial charge in [-0.2, -0.15) is 27.5 Å². The second-order valence-electron chi connectivity index (χ2n) is 15.5. The van der Waals surface area contributed by atoms with Crippen molar-refractivity contribution >= 4 is 99.6 Å². The molecule has 1 aliphatic carbocycles. The lowest BCUT2D eigenvalue weighted by atomic mass is 9.93. The number of ether oxygens (including phenoxy) is 4. The highest BCUT2D eigenvalue weighted by Crippen LogP contribution is 2.40. The van der Waals surface area contributed by atoms with Crippen LogP contribution in [0.1, 0.15) is 59.7 Å². The smallest absolute Gasteiger partial charge is 0.388 e. The molecule has 33 heteroatoms. The van der Waals surface area contributed by atoms with Crippen LogP contribution >= 0.6 is 42.2 Å². The predicted molar refractivity (Wildman–Crippen MR) is 267 cm³/mol. The van der Waals surface area contributed by atoms with E-state index in [0.29, 0.717) is 30.1 Å². The molecule has 4 aromatic rings. The van der Waals surface area contributed by atoms with E-state index >= 15 is 0 Å². The molecule has 0 fully saturated rings. The highest BCUT2D eigenvalue weighted by Gasteiger charge is 2.41. The normalized spacial score (nSPS) is 14.3. The van der Waals surface area contributed by atoms with Crippen LogP contribution in [0.2, 0.25) is 15.1 Å². The number of nitrogens with one attached hydrogen (secondary N) is 2. The van der Waals surface area contributed by atoms with Gasteiger partial charge in [-0.15, -0.1) is 6.42 Å². The minimum Gasteiger partial charge on any atom is -0.494 e. The number of benzene rings is 3.